The highest BCUT2D eigenvalue weighted by Crippen LogP contribution is 2.33. The Morgan fingerprint density at radius 3 is 2.69 bits per heavy atom. The van der Waals surface area contributed by atoms with Gasteiger partial charge in [0.1, 0.15) is 23.6 Å². The smallest absolute Gasteiger partial charge is 0.294 e. The molecule has 0 atom stereocenters. The van der Waals surface area contributed by atoms with Crippen LogP contribution in [0.25, 0.3) is 11.1 Å². The van der Waals surface area contributed by atoms with Gasteiger partial charge in [-0.15, -0.1) is 0 Å². The zero-order valence-electron chi connectivity index (χ0n) is 19.5. The molecule has 0 bridgehead atoms. The fourth-order valence-electron chi connectivity index (χ4n) is 4.86. The second-order valence-electron chi connectivity index (χ2n) is 9.04. The first-order valence-electron chi connectivity index (χ1n) is 12.0. The second kappa shape index (κ2) is 10.6. The molecule has 36 heavy (non-hydrogen) atoms. The lowest BCUT2D eigenvalue weighted by atomic mass is 9.83. The highest BCUT2D eigenvalue weighted by molar-refractivity contribution is 6.30. The number of fused-ring (bicyclic) bond motifs is 1. The molecule has 3 amide bonds. The number of rotatable bonds is 6. The Kier molecular flexibility index (Phi) is 7.15. The van der Waals surface area contributed by atoms with E-state index in [1.807, 2.05) is 4.90 Å². The molecular formula is C25H26ClN5O5. The Hall–Kier alpha value is -3.50. The normalized spacial score (nSPS) is 20.4. The minimum Gasteiger partial charge on any atom is -0.447 e. The number of nitrogens with one attached hydrogen (secondary N) is 2. The van der Waals surface area contributed by atoms with E-state index in [0.717, 1.165) is 25.7 Å². The molecule has 0 spiro atoms. The number of ether oxygens (including phenoxy) is 1. The fourth-order valence-corrected chi connectivity index (χ4v) is 4.97. The lowest BCUT2D eigenvalue weighted by Gasteiger charge is -2.38. The summed E-state index contributed by atoms with van der Waals surface area (Å²) in [4.78, 5) is 48.4. The Balaban J connectivity index is 1.25. The molecule has 1 saturated carbocycles. The molecule has 0 radical (unpaired) electrons. The van der Waals surface area contributed by atoms with Crippen LogP contribution in [0.15, 0.2) is 41.1 Å². The van der Waals surface area contributed by atoms with Gasteiger partial charge < -0.3 is 24.7 Å². The first-order valence-corrected chi connectivity index (χ1v) is 12.3. The third kappa shape index (κ3) is 5.34. The van der Waals surface area contributed by atoms with Crippen molar-refractivity contribution in [2.75, 3.05) is 30.4 Å². The Bertz CT molecular complexity index is 1270. The van der Waals surface area contributed by atoms with Crippen molar-refractivity contribution in [3.63, 3.8) is 0 Å². The molecule has 3 aromatic heterocycles. The van der Waals surface area contributed by atoms with Crippen LogP contribution in [0.5, 0.6) is 0 Å². The van der Waals surface area contributed by atoms with Gasteiger partial charge in [-0.1, -0.05) is 11.6 Å². The van der Waals surface area contributed by atoms with Gasteiger partial charge in [-0.25, -0.2) is 4.98 Å². The van der Waals surface area contributed by atoms with Crippen LogP contribution in [-0.2, 0) is 14.3 Å². The predicted molar refractivity (Wildman–Crippen MR) is 133 cm³/mol. The molecule has 2 N–H and O–H groups in total. The average molecular weight is 512 g/mol. The summed E-state index contributed by atoms with van der Waals surface area (Å²) in [6.45, 7) is 1.36. The van der Waals surface area contributed by atoms with Gasteiger partial charge in [0.2, 0.25) is 17.6 Å². The van der Waals surface area contributed by atoms with Gasteiger partial charge in [0.25, 0.3) is 5.91 Å². The van der Waals surface area contributed by atoms with Gasteiger partial charge in [0.15, 0.2) is 5.58 Å². The second-order valence-corrected chi connectivity index (χ2v) is 9.48. The first kappa shape index (κ1) is 24.2. The minimum atomic E-state index is -0.561. The van der Waals surface area contributed by atoms with Crippen LogP contribution in [0, 0.1) is 5.92 Å². The van der Waals surface area contributed by atoms with E-state index in [2.05, 4.69) is 20.6 Å². The van der Waals surface area contributed by atoms with Crippen LogP contribution in [0.2, 0.25) is 5.02 Å². The number of nitrogens with zero attached hydrogens (tertiary/aromatic N) is 3. The lowest BCUT2D eigenvalue weighted by molar-refractivity contribution is -0.146. The summed E-state index contributed by atoms with van der Waals surface area (Å²) in [5, 5.41) is 5.96. The molecule has 0 unspecified atom stereocenters. The minimum absolute atomic E-state index is 0.0429. The number of pyridine rings is 2. The van der Waals surface area contributed by atoms with E-state index in [1.54, 1.807) is 30.5 Å². The molecule has 1 aliphatic heterocycles. The summed E-state index contributed by atoms with van der Waals surface area (Å²) in [7, 11) is 0. The van der Waals surface area contributed by atoms with Gasteiger partial charge >= 0.3 is 0 Å². The van der Waals surface area contributed by atoms with Gasteiger partial charge in [-0.2, -0.15) is 0 Å². The third-order valence-corrected chi connectivity index (χ3v) is 6.86. The molecular weight excluding hydrogens is 486 g/mol. The SMILES string of the molecule is O=C(CC1CCC(N2CCOCC2=O)CC1)Nc1c(C(=O)Nc2ccc(Cl)cn2)oc2cccnc12. The largest absolute Gasteiger partial charge is 0.447 e. The highest BCUT2D eigenvalue weighted by Gasteiger charge is 2.32. The fraction of sp³-hybridized carbons (Fsp3) is 0.400. The summed E-state index contributed by atoms with van der Waals surface area (Å²) >= 11 is 5.86. The number of amides is 3. The maximum absolute atomic E-state index is 13.0. The Labute approximate surface area is 212 Å². The molecule has 4 heterocycles. The van der Waals surface area contributed by atoms with Crippen LogP contribution in [-0.4, -0.2) is 58.4 Å². The van der Waals surface area contributed by atoms with Crippen LogP contribution < -0.4 is 10.6 Å². The van der Waals surface area contributed by atoms with E-state index in [1.165, 1.54) is 6.20 Å². The lowest BCUT2D eigenvalue weighted by Crippen LogP contribution is -2.49. The van der Waals surface area contributed by atoms with Gasteiger partial charge in [-0.05, 0) is 55.9 Å². The number of anilines is 2. The molecule has 1 saturated heterocycles. The summed E-state index contributed by atoms with van der Waals surface area (Å²) in [5.74, 6) is -0.295. The maximum atomic E-state index is 13.0. The summed E-state index contributed by atoms with van der Waals surface area (Å²) in [6.07, 6.45) is 6.73. The third-order valence-electron chi connectivity index (χ3n) is 6.64. The molecule has 1 aliphatic carbocycles. The summed E-state index contributed by atoms with van der Waals surface area (Å²) in [6, 6.07) is 6.76. The van der Waals surface area contributed by atoms with Crippen LogP contribution in [0.3, 0.4) is 0 Å². The van der Waals surface area contributed by atoms with Gasteiger partial charge in [0, 0.05) is 31.4 Å². The first-order chi connectivity index (χ1) is 17.5. The number of carbonyl (C=O) groups is 3. The van der Waals surface area contributed by atoms with Crippen molar-refractivity contribution >= 4 is 51.9 Å². The van der Waals surface area contributed by atoms with E-state index in [0.29, 0.717) is 41.5 Å². The average Bonchev–Trinajstić information content (AvgIpc) is 3.25. The highest BCUT2D eigenvalue weighted by atomic mass is 35.5. The van der Waals surface area contributed by atoms with Crippen molar-refractivity contribution in [3.8, 4) is 0 Å². The molecule has 2 fully saturated rings. The monoisotopic (exact) mass is 511 g/mol. The molecule has 10 nitrogen and oxygen atoms in total. The van der Waals surface area contributed by atoms with Crippen LogP contribution in [0.1, 0.15) is 42.7 Å². The molecule has 2 aliphatic rings. The van der Waals surface area contributed by atoms with E-state index in [4.69, 9.17) is 20.8 Å². The quantitative estimate of drug-likeness (QED) is 0.514. The number of hydrogen-bond acceptors (Lipinski definition) is 7. The van der Waals surface area contributed by atoms with E-state index in [-0.39, 0.29) is 41.8 Å². The molecule has 0 aromatic carbocycles. The summed E-state index contributed by atoms with van der Waals surface area (Å²) in [5.41, 5.74) is 1.02. The molecule has 3 aromatic rings. The number of morpholine rings is 1. The van der Waals surface area contributed by atoms with Crippen molar-refractivity contribution in [2.24, 2.45) is 5.92 Å². The standard InChI is InChI=1S/C25H26ClN5O5/c26-16-5-8-19(28-13-16)29-25(34)24-23(22-18(36-24)2-1-9-27-22)30-20(32)12-15-3-6-17(7-4-15)31-10-11-35-14-21(31)33/h1-2,5,8-9,13,15,17H,3-4,6-7,10-12,14H2,(H,30,32)(H,28,29,34). The van der Waals surface area contributed by atoms with E-state index >= 15 is 0 Å². The van der Waals surface area contributed by atoms with Crippen molar-refractivity contribution in [2.45, 2.75) is 38.1 Å². The number of carbonyl (C=O) groups excluding carboxylic acids is 3. The maximum Gasteiger partial charge on any atom is 0.294 e. The Morgan fingerprint density at radius 2 is 1.94 bits per heavy atom. The Morgan fingerprint density at radius 1 is 1.11 bits per heavy atom. The summed E-state index contributed by atoms with van der Waals surface area (Å²) < 4.78 is 11.0. The van der Waals surface area contributed by atoms with Crippen molar-refractivity contribution in [1.29, 1.82) is 0 Å². The predicted octanol–water partition coefficient (Wildman–Crippen LogP) is 3.87. The van der Waals surface area contributed by atoms with Crippen molar-refractivity contribution < 1.29 is 23.5 Å². The zero-order chi connectivity index (χ0) is 25.1. The molecule has 188 valence electrons. The van der Waals surface area contributed by atoms with Gasteiger partial charge in [-0.3, -0.25) is 19.4 Å². The van der Waals surface area contributed by atoms with E-state index in [9.17, 15) is 14.4 Å². The number of furan rings is 1. The van der Waals surface area contributed by atoms with Crippen LogP contribution in [0.4, 0.5) is 11.5 Å². The van der Waals surface area contributed by atoms with Gasteiger partial charge in [0.05, 0.1) is 11.6 Å². The topological polar surface area (TPSA) is 127 Å². The number of aromatic nitrogens is 2. The van der Waals surface area contributed by atoms with Crippen molar-refractivity contribution in [1.82, 2.24) is 14.9 Å². The zero-order valence-corrected chi connectivity index (χ0v) is 20.3. The number of halogens is 1. The van der Waals surface area contributed by atoms with E-state index < -0.39 is 5.91 Å². The molecule has 5 rings (SSSR count). The van der Waals surface area contributed by atoms with Crippen molar-refractivity contribution in [3.05, 3.63) is 47.4 Å². The number of hydrogen-bond donors (Lipinski definition) is 2. The molecule has 11 heteroatoms. The van der Waals surface area contributed by atoms with Crippen LogP contribution >= 0.6 is 11.6 Å².